The summed E-state index contributed by atoms with van der Waals surface area (Å²) in [5.41, 5.74) is 3.49. The molecule has 2 rings (SSSR count). The van der Waals surface area contributed by atoms with E-state index in [1.165, 1.54) is 24.8 Å². The van der Waals surface area contributed by atoms with E-state index in [9.17, 15) is 9.59 Å². The fraction of sp³-hybridized carbons (Fsp3) is 0.500. The van der Waals surface area contributed by atoms with Crippen LogP contribution in [0.4, 0.5) is 0 Å². The van der Waals surface area contributed by atoms with Crippen molar-refractivity contribution >= 4 is 5.91 Å². The number of carbonyl (C=O) groups excluding carboxylic acids is 1. The van der Waals surface area contributed by atoms with Crippen LogP contribution in [0, 0.1) is 13.8 Å². The largest absolute Gasteiger partial charge is 0.348 e. The van der Waals surface area contributed by atoms with Crippen LogP contribution < -0.4 is 10.9 Å². The second-order valence-electron chi connectivity index (χ2n) is 5.52. The van der Waals surface area contributed by atoms with Gasteiger partial charge < -0.3 is 10.3 Å². The van der Waals surface area contributed by atoms with E-state index in [0.29, 0.717) is 5.56 Å². The van der Waals surface area contributed by atoms with Crippen LogP contribution in [-0.2, 0) is 11.3 Å². The predicted octanol–water partition coefficient (Wildman–Crippen LogP) is 2.50. The standard InChI is InChI=1S/C16H22N2O2/c1-11-8-12(2)18-16(20)14(11)10-17-15(19)9-13-6-4-3-5-7-13/h8-9H,3-7,10H2,1-2H3,(H,17,19)(H,18,20). The van der Waals surface area contributed by atoms with E-state index in [0.717, 1.165) is 24.1 Å². The highest BCUT2D eigenvalue weighted by molar-refractivity contribution is 5.88. The Hall–Kier alpha value is -1.84. The number of hydrogen-bond acceptors (Lipinski definition) is 2. The van der Waals surface area contributed by atoms with Gasteiger partial charge in [0.1, 0.15) is 0 Å². The average Bonchev–Trinajstić information content (AvgIpc) is 2.38. The average molecular weight is 274 g/mol. The minimum Gasteiger partial charge on any atom is -0.348 e. The highest BCUT2D eigenvalue weighted by Gasteiger charge is 2.09. The number of aromatic nitrogens is 1. The molecule has 1 saturated carbocycles. The molecule has 1 amide bonds. The summed E-state index contributed by atoms with van der Waals surface area (Å²) in [5, 5.41) is 2.81. The molecule has 20 heavy (non-hydrogen) atoms. The third-order valence-electron chi connectivity index (χ3n) is 3.76. The molecule has 0 atom stereocenters. The van der Waals surface area contributed by atoms with E-state index in [-0.39, 0.29) is 18.0 Å². The minimum absolute atomic E-state index is 0.0960. The maximum atomic E-state index is 11.9. The fourth-order valence-corrected chi connectivity index (χ4v) is 2.66. The first-order chi connectivity index (χ1) is 9.56. The molecule has 0 spiro atoms. The first-order valence-electron chi connectivity index (χ1n) is 7.23. The molecule has 1 fully saturated rings. The maximum absolute atomic E-state index is 11.9. The molecule has 0 unspecified atom stereocenters. The number of pyridine rings is 1. The molecule has 1 aliphatic rings. The van der Waals surface area contributed by atoms with Gasteiger partial charge in [-0.2, -0.15) is 0 Å². The summed E-state index contributed by atoms with van der Waals surface area (Å²) >= 11 is 0. The Morgan fingerprint density at radius 3 is 2.65 bits per heavy atom. The van der Waals surface area contributed by atoms with Crippen LogP contribution in [0.1, 0.15) is 48.9 Å². The van der Waals surface area contributed by atoms with Crippen LogP contribution in [0.15, 0.2) is 22.5 Å². The molecule has 1 aliphatic carbocycles. The second-order valence-corrected chi connectivity index (χ2v) is 5.52. The van der Waals surface area contributed by atoms with E-state index < -0.39 is 0 Å². The quantitative estimate of drug-likeness (QED) is 0.832. The summed E-state index contributed by atoms with van der Waals surface area (Å²) in [4.78, 5) is 26.5. The summed E-state index contributed by atoms with van der Waals surface area (Å²) in [6.07, 6.45) is 7.37. The lowest BCUT2D eigenvalue weighted by atomic mass is 9.94. The zero-order valence-electron chi connectivity index (χ0n) is 12.2. The lowest BCUT2D eigenvalue weighted by molar-refractivity contribution is -0.116. The van der Waals surface area contributed by atoms with Crippen molar-refractivity contribution < 1.29 is 4.79 Å². The van der Waals surface area contributed by atoms with Gasteiger partial charge in [-0.1, -0.05) is 12.0 Å². The number of rotatable bonds is 3. The van der Waals surface area contributed by atoms with Gasteiger partial charge >= 0.3 is 0 Å². The molecule has 0 bridgehead atoms. The van der Waals surface area contributed by atoms with Crippen molar-refractivity contribution in [1.29, 1.82) is 0 Å². The number of hydrogen-bond donors (Lipinski definition) is 2. The van der Waals surface area contributed by atoms with Gasteiger partial charge in [0.2, 0.25) is 5.91 Å². The summed E-state index contributed by atoms with van der Waals surface area (Å²) < 4.78 is 0. The van der Waals surface area contributed by atoms with Crippen LogP contribution >= 0.6 is 0 Å². The Bertz CT molecular complexity index is 577. The maximum Gasteiger partial charge on any atom is 0.253 e. The Labute approximate surface area is 119 Å². The Morgan fingerprint density at radius 1 is 1.30 bits per heavy atom. The van der Waals surface area contributed by atoms with Crippen LogP contribution in [-0.4, -0.2) is 10.9 Å². The highest BCUT2D eigenvalue weighted by atomic mass is 16.1. The summed E-state index contributed by atoms with van der Waals surface area (Å²) in [7, 11) is 0. The van der Waals surface area contributed by atoms with E-state index in [1.54, 1.807) is 6.08 Å². The van der Waals surface area contributed by atoms with E-state index in [1.807, 2.05) is 19.9 Å². The van der Waals surface area contributed by atoms with Gasteiger partial charge in [-0.3, -0.25) is 9.59 Å². The van der Waals surface area contributed by atoms with Gasteiger partial charge in [0.05, 0.1) is 0 Å². The normalized spacial score (nSPS) is 15.0. The van der Waals surface area contributed by atoms with Crippen molar-refractivity contribution in [3.8, 4) is 0 Å². The summed E-state index contributed by atoms with van der Waals surface area (Å²) in [5.74, 6) is -0.0960. The molecule has 4 heteroatoms. The van der Waals surface area contributed by atoms with Crippen LogP contribution in [0.5, 0.6) is 0 Å². The minimum atomic E-state index is -0.117. The molecule has 0 aromatic carbocycles. The van der Waals surface area contributed by atoms with Gasteiger partial charge in [-0.05, 0) is 51.2 Å². The molecule has 0 radical (unpaired) electrons. The Kier molecular flexibility index (Phi) is 4.77. The predicted molar refractivity (Wildman–Crippen MR) is 79.6 cm³/mol. The highest BCUT2D eigenvalue weighted by Crippen LogP contribution is 2.22. The number of carbonyl (C=O) groups is 1. The fourth-order valence-electron chi connectivity index (χ4n) is 2.66. The molecule has 4 nitrogen and oxygen atoms in total. The Balaban J connectivity index is 1.98. The lowest BCUT2D eigenvalue weighted by Crippen LogP contribution is -2.27. The van der Waals surface area contributed by atoms with Crippen molar-refractivity contribution in [2.24, 2.45) is 0 Å². The number of nitrogens with one attached hydrogen (secondary N) is 2. The summed E-state index contributed by atoms with van der Waals surface area (Å²) in [6.45, 7) is 4.03. The third-order valence-corrected chi connectivity index (χ3v) is 3.76. The van der Waals surface area contributed by atoms with E-state index in [2.05, 4.69) is 10.3 Å². The number of amides is 1. The molecule has 1 aromatic heterocycles. The van der Waals surface area contributed by atoms with Gasteiger partial charge in [0.25, 0.3) is 5.56 Å². The van der Waals surface area contributed by atoms with Crippen molar-refractivity contribution in [2.75, 3.05) is 0 Å². The number of H-pyrrole nitrogens is 1. The number of allylic oxidation sites excluding steroid dienone is 1. The van der Waals surface area contributed by atoms with Gasteiger partial charge in [-0.25, -0.2) is 0 Å². The van der Waals surface area contributed by atoms with Gasteiger partial charge in [-0.15, -0.1) is 0 Å². The van der Waals surface area contributed by atoms with E-state index in [4.69, 9.17) is 0 Å². The number of aromatic amines is 1. The topological polar surface area (TPSA) is 62.0 Å². The molecule has 0 aliphatic heterocycles. The summed E-state index contributed by atoms with van der Waals surface area (Å²) in [6, 6.07) is 1.92. The molecule has 1 aromatic rings. The zero-order valence-corrected chi connectivity index (χ0v) is 12.2. The Morgan fingerprint density at radius 2 is 2.00 bits per heavy atom. The van der Waals surface area contributed by atoms with E-state index >= 15 is 0 Å². The second kappa shape index (κ2) is 6.55. The SMILES string of the molecule is Cc1cc(C)c(CNC(=O)C=C2CCCCC2)c(=O)[nH]1. The van der Waals surface area contributed by atoms with Gasteiger partial charge in [0, 0.05) is 23.9 Å². The molecule has 108 valence electrons. The van der Waals surface area contributed by atoms with Crippen molar-refractivity contribution in [3.05, 3.63) is 44.9 Å². The van der Waals surface area contributed by atoms with Crippen LogP contribution in [0.2, 0.25) is 0 Å². The smallest absolute Gasteiger partial charge is 0.253 e. The zero-order chi connectivity index (χ0) is 14.5. The third kappa shape index (κ3) is 3.83. The molecular weight excluding hydrogens is 252 g/mol. The number of aryl methyl sites for hydroxylation is 2. The van der Waals surface area contributed by atoms with Crippen molar-refractivity contribution in [1.82, 2.24) is 10.3 Å². The molecule has 2 N–H and O–H groups in total. The molecule has 1 heterocycles. The monoisotopic (exact) mass is 274 g/mol. The molecule has 0 saturated heterocycles. The lowest BCUT2D eigenvalue weighted by Gasteiger charge is -2.13. The van der Waals surface area contributed by atoms with Crippen LogP contribution in [0.25, 0.3) is 0 Å². The first-order valence-corrected chi connectivity index (χ1v) is 7.23. The van der Waals surface area contributed by atoms with Crippen molar-refractivity contribution in [3.63, 3.8) is 0 Å². The van der Waals surface area contributed by atoms with Gasteiger partial charge in [0.15, 0.2) is 0 Å². The van der Waals surface area contributed by atoms with Crippen LogP contribution in [0.3, 0.4) is 0 Å². The van der Waals surface area contributed by atoms with Crippen molar-refractivity contribution in [2.45, 2.75) is 52.5 Å². The first kappa shape index (κ1) is 14.6. The molecular formula is C16H22N2O2.